The molecular weight excluding hydrogens is 468 g/mol. The van der Waals surface area contributed by atoms with Crippen LogP contribution in [-0.4, -0.2) is 0 Å². The summed E-state index contributed by atoms with van der Waals surface area (Å²) in [6, 6.07) is 9.48. The summed E-state index contributed by atoms with van der Waals surface area (Å²) < 4.78 is 0. The zero-order valence-corrected chi connectivity index (χ0v) is 29.6. The van der Waals surface area contributed by atoms with E-state index >= 15 is 0 Å². The zero-order chi connectivity index (χ0) is 30.7. The van der Waals surface area contributed by atoms with Crippen molar-refractivity contribution in [3.8, 4) is 0 Å². The number of hydrogen-bond donors (Lipinski definition) is 0. The Bertz CT molecular complexity index is 1090. The maximum atomic E-state index is 2.44. The summed E-state index contributed by atoms with van der Waals surface area (Å²) in [5, 5.41) is 0. The number of rotatable bonds is 3. The predicted octanol–water partition coefficient (Wildman–Crippen LogP) is 11.8. The summed E-state index contributed by atoms with van der Waals surface area (Å²) in [6.45, 7) is 45.9. The summed E-state index contributed by atoms with van der Waals surface area (Å²) in [5.74, 6) is 0.433. The van der Waals surface area contributed by atoms with Gasteiger partial charge < -0.3 is 0 Å². The molecule has 2 aromatic rings. The Hall–Kier alpha value is -1.56. The Kier molecular flexibility index (Phi) is 8.94. The average Bonchev–Trinajstić information content (AvgIpc) is 2.68. The number of benzene rings is 2. The van der Waals surface area contributed by atoms with Gasteiger partial charge in [-0.15, -0.1) is 0 Å². The van der Waals surface area contributed by atoms with E-state index in [9.17, 15) is 0 Å². The summed E-state index contributed by atoms with van der Waals surface area (Å²) in [6.07, 6.45) is 1.06. The van der Waals surface area contributed by atoms with Crippen molar-refractivity contribution in [1.82, 2.24) is 0 Å². The van der Waals surface area contributed by atoms with Crippen LogP contribution < -0.4 is 0 Å². The summed E-state index contributed by atoms with van der Waals surface area (Å²) in [5.41, 5.74) is 12.7. The Morgan fingerprint density at radius 1 is 0.410 bits per heavy atom. The summed E-state index contributed by atoms with van der Waals surface area (Å²) in [4.78, 5) is 0. The fraction of sp³-hybridized carbons (Fsp3) is 0.692. The second-order valence-corrected chi connectivity index (χ2v) is 18.6. The van der Waals surface area contributed by atoms with Crippen molar-refractivity contribution in [2.24, 2.45) is 0 Å². The lowest BCUT2D eigenvalue weighted by Gasteiger charge is -2.46. The molecule has 0 bridgehead atoms. The first-order chi connectivity index (χ1) is 17.1. The van der Waals surface area contributed by atoms with Gasteiger partial charge >= 0.3 is 0 Å². The Labute approximate surface area is 244 Å². The van der Waals surface area contributed by atoms with E-state index in [0.717, 1.165) is 6.42 Å². The lowest BCUT2D eigenvalue weighted by molar-refractivity contribution is 0.452. The van der Waals surface area contributed by atoms with Crippen LogP contribution in [0.3, 0.4) is 0 Å². The van der Waals surface area contributed by atoms with Crippen LogP contribution in [0.2, 0.25) is 0 Å². The van der Waals surface area contributed by atoms with Gasteiger partial charge in [0, 0.05) is 0 Å². The Morgan fingerprint density at radius 3 is 0.949 bits per heavy atom. The quantitative estimate of drug-likeness (QED) is 0.369. The van der Waals surface area contributed by atoms with Gasteiger partial charge in [-0.3, -0.25) is 0 Å². The molecule has 39 heavy (non-hydrogen) atoms. The van der Waals surface area contributed by atoms with Crippen molar-refractivity contribution < 1.29 is 0 Å². The van der Waals surface area contributed by atoms with Crippen LogP contribution in [0.15, 0.2) is 24.3 Å². The minimum absolute atomic E-state index is 0.0319. The Balaban J connectivity index is 3.15. The fourth-order valence-corrected chi connectivity index (χ4v) is 6.65. The minimum atomic E-state index is 0.0319. The van der Waals surface area contributed by atoms with Crippen molar-refractivity contribution in [3.05, 3.63) is 68.8 Å². The van der Waals surface area contributed by atoms with Crippen LogP contribution in [0.4, 0.5) is 0 Å². The molecule has 0 heteroatoms. The van der Waals surface area contributed by atoms with Gasteiger partial charge in [0.05, 0.1) is 0 Å². The minimum Gasteiger partial charge on any atom is -0.0585 e. The van der Waals surface area contributed by atoms with Gasteiger partial charge in [-0.1, -0.05) is 156 Å². The fourth-order valence-electron chi connectivity index (χ4n) is 6.65. The van der Waals surface area contributed by atoms with Gasteiger partial charge in [-0.2, -0.15) is 0 Å². The molecule has 0 N–H and O–H groups in total. The van der Waals surface area contributed by atoms with Crippen LogP contribution in [0.5, 0.6) is 0 Å². The van der Waals surface area contributed by atoms with Crippen LogP contribution in [0.1, 0.15) is 182 Å². The third kappa shape index (κ3) is 7.40. The first-order valence-electron chi connectivity index (χ1n) is 15.4. The maximum absolute atomic E-state index is 2.44. The topological polar surface area (TPSA) is 0 Å². The molecule has 0 amide bonds. The smallest absolute Gasteiger partial charge is 0.0126 e. The van der Waals surface area contributed by atoms with E-state index in [1.54, 1.807) is 33.4 Å². The van der Waals surface area contributed by atoms with Crippen LogP contribution in [-0.2, 0) is 38.9 Å². The average molecular weight is 533 g/mol. The van der Waals surface area contributed by atoms with Crippen molar-refractivity contribution >= 4 is 0 Å². The molecule has 0 saturated heterocycles. The highest BCUT2D eigenvalue weighted by molar-refractivity contribution is 5.62. The van der Waals surface area contributed by atoms with E-state index in [0.29, 0.717) is 5.92 Å². The second kappa shape index (κ2) is 10.4. The van der Waals surface area contributed by atoms with Gasteiger partial charge in [0.15, 0.2) is 0 Å². The molecule has 0 saturated carbocycles. The highest BCUT2D eigenvalue weighted by Crippen LogP contribution is 2.52. The predicted molar refractivity (Wildman–Crippen MR) is 177 cm³/mol. The molecule has 2 aromatic carbocycles. The SMILES string of the molecule is CC(Cc1c(C(C)(C)C)c(C(C)(C)C)c(C(C)(C)C)c(C(C)(C)C)c1C(C)(C)C)c1ccc(C(C)(C)C)cc1. The third-order valence-electron chi connectivity index (χ3n) is 8.21. The standard InChI is InChI=1S/C39H64/c1-25(26-20-22-27(23-21-26)34(2,3)4)24-28-29(35(5,6)7)31(37(11,12)13)33(39(17,18)19)32(38(14,15)16)30(28)36(8,9)10/h20-23,25H,24H2,1-19H3. The van der Waals surface area contributed by atoms with E-state index in [4.69, 9.17) is 0 Å². The van der Waals surface area contributed by atoms with Crippen molar-refractivity contribution in [2.45, 2.75) is 176 Å². The molecule has 0 aliphatic heterocycles. The van der Waals surface area contributed by atoms with Gasteiger partial charge in [0.1, 0.15) is 0 Å². The molecule has 0 heterocycles. The Morgan fingerprint density at radius 2 is 0.692 bits per heavy atom. The monoisotopic (exact) mass is 533 g/mol. The van der Waals surface area contributed by atoms with Gasteiger partial charge in [0.2, 0.25) is 0 Å². The summed E-state index contributed by atoms with van der Waals surface area (Å²) in [7, 11) is 0. The molecule has 0 radical (unpaired) electrons. The number of hydrogen-bond acceptors (Lipinski definition) is 0. The second-order valence-electron chi connectivity index (χ2n) is 18.6. The van der Waals surface area contributed by atoms with Crippen molar-refractivity contribution in [3.63, 3.8) is 0 Å². The highest BCUT2D eigenvalue weighted by atomic mass is 14.5. The molecule has 0 aliphatic carbocycles. The molecule has 0 aromatic heterocycles. The van der Waals surface area contributed by atoms with Crippen molar-refractivity contribution in [2.75, 3.05) is 0 Å². The van der Waals surface area contributed by atoms with E-state index in [1.807, 2.05) is 0 Å². The van der Waals surface area contributed by atoms with Gasteiger partial charge in [-0.25, -0.2) is 0 Å². The molecular formula is C39H64. The molecule has 0 aliphatic rings. The van der Waals surface area contributed by atoms with Gasteiger partial charge in [-0.05, 0) is 89.3 Å². The van der Waals surface area contributed by atoms with E-state index in [-0.39, 0.29) is 32.5 Å². The molecule has 1 atom stereocenters. The lowest BCUT2D eigenvalue weighted by Crippen LogP contribution is -2.37. The zero-order valence-electron chi connectivity index (χ0n) is 29.6. The maximum Gasteiger partial charge on any atom is -0.0126 e. The molecule has 0 fully saturated rings. The molecule has 0 spiro atoms. The van der Waals surface area contributed by atoms with E-state index < -0.39 is 0 Å². The molecule has 2 rings (SSSR count). The normalized spacial score (nSPS) is 15.1. The summed E-state index contributed by atoms with van der Waals surface area (Å²) >= 11 is 0. The van der Waals surface area contributed by atoms with Crippen LogP contribution in [0, 0.1) is 0 Å². The molecule has 0 nitrogen and oxygen atoms in total. The van der Waals surface area contributed by atoms with Crippen LogP contribution in [0.25, 0.3) is 0 Å². The largest absolute Gasteiger partial charge is 0.0585 e. The van der Waals surface area contributed by atoms with Crippen LogP contribution >= 0.6 is 0 Å². The third-order valence-corrected chi connectivity index (χ3v) is 8.21. The van der Waals surface area contributed by atoms with E-state index in [2.05, 4.69) is 156 Å². The van der Waals surface area contributed by atoms with Crippen molar-refractivity contribution in [1.29, 1.82) is 0 Å². The molecule has 1 unspecified atom stereocenters. The van der Waals surface area contributed by atoms with Gasteiger partial charge in [0.25, 0.3) is 0 Å². The first-order valence-corrected chi connectivity index (χ1v) is 15.4. The highest BCUT2D eigenvalue weighted by Gasteiger charge is 2.42. The van der Waals surface area contributed by atoms with E-state index in [1.165, 1.54) is 11.1 Å². The lowest BCUT2D eigenvalue weighted by atomic mass is 9.58. The first kappa shape index (κ1) is 33.6. The molecule has 220 valence electrons.